The Bertz CT molecular complexity index is 1200. The first-order chi connectivity index (χ1) is 14.8. The Morgan fingerprint density at radius 1 is 1.23 bits per heavy atom. The van der Waals surface area contributed by atoms with Gasteiger partial charge in [-0.1, -0.05) is 17.4 Å². The van der Waals surface area contributed by atoms with Gasteiger partial charge in [0.2, 0.25) is 10.0 Å². The minimum Gasteiger partial charge on any atom is -0.376 e. The van der Waals surface area contributed by atoms with E-state index in [1.807, 2.05) is 0 Å². The summed E-state index contributed by atoms with van der Waals surface area (Å²) in [6.45, 7) is 0.927. The van der Waals surface area contributed by atoms with Crippen molar-refractivity contribution in [3.8, 4) is 0 Å². The molecular formula is C21H22FN3O4S2. The van der Waals surface area contributed by atoms with Crippen molar-refractivity contribution in [1.29, 1.82) is 0 Å². The van der Waals surface area contributed by atoms with E-state index in [1.54, 1.807) is 12.1 Å². The van der Waals surface area contributed by atoms with Gasteiger partial charge < -0.3 is 4.74 Å². The summed E-state index contributed by atoms with van der Waals surface area (Å²) < 4.78 is 46.2. The molecule has 0 N–H and O–H groups in total. The smallest absolute Gasteiger partial charge is 0.260 e. The molecule has 1 aliphatic heterocycles. The van der Waals surface area contributed by atoms with Gasteiger partial charge in [0, 0.05) is 26.3 Å². The van der Waals surface area contributed by atoms with Gasteiger partial charge >= 0.3 is 0 Å². The molecule has 31 heavy (non-hydrogen) atoms. The summed E-state index contributed by atoms with van der Waals surface area (Å²) >= 11 is 1.23. The highest BCUT2D eigenvalue weighted by molar-refractivity contribution is 7.89. The molecule has 1 saturated heterocycles. The van der Waals surface area contributed by atoms with Crippen LogP contribution < -0.4 is 4.90 Å². The third kappa shape index (κ3) is 4.33. The normalized spacial score (nSPS) is 16.8. The van der Waals surface area contributed by atoms with Gasteiger partial charge in [-0.2, -0.15) is 0 Å². The number of sulfonamides is 1. The maximum absolute atomic E-state index is 14.2. The molecule has 0 saturated carbocycles. The predicted octanol–water partition coefficient (Wildman–Crippen LogP) is 3.51. The monoisotopic (exact) mass is 463 g/mol. The van der Waals surface area contributed by atoms with Crippen LogP contribution in [0, 0.1) is 5.82 Å². The molecule has 2 heterocycles. The number of halogens is 1. The summed E-state index contributed by atoms with van der Waals surface area (Å²) in [6.07, 6.45) is 1.61. The summed E-state index contributed by atoms with van der Waals surface area (Å²) in [5, 5.41) is 0.380. The molecule has 1 fully saturated rings. The molecule has 0 bridgehead atoms. The van der Waals surface area contributed by atoms with Crippen LogP contribution in [0.15, 0.2) is 47.4 Å². The number of nitrogens with zero attached hydrogens (tertiary/aromatic N) is 3. The van der Waals surface area contributed by atoms with Gasteiger partial charge in [0.25, 0.3) is 5.91 Å². The fourth-order valence-corrected chi connectivity index (χ4v) is 5.28. The van der Waals surface area contributed by atoms with Gasteiger partial charge in [0.1, 0.15) is 11.3 Å². The average Bonchev–Trinajstić information content (AvgIpc) is 3.42. The number of hydrogen-bond donors (Lipinski definition) is 0. The third-order valence-electron chi connectivity index (χ3n) is 5.12. The van der Waals surface area contributed by atoms with Gasteiger partial charge in [-0.25, -0.2) is 22.1 Å². The van der Waals surface area contributed by atoms with Crippen LogP contribution in [0.2, 0.25) is 0 Å². The molecule has 1 aliphatic rings. The number of anilines is 1. The number of carbonyl (C=O) groups excluding carboxylic acids is 1. The van der Waals surface area contributed by atoms with Crippen molar-refractivity contribution < 1.29 is 22.3 Å². The van der Waals surface area contributed by atoms with E-state index in [1.165, 1.54) is 60.7 Å². The minimum atomic E-state index is -3.60. The summed E-state index contributed by atoms with van der Waals surface area (Å²) in [4.78, 5) is 19.3. The maximum atomic E-state index is 14.2. The number of ether oxygens (including phenoxy) is 1. The lowest BCUT2D eigenvalue weighted by Crippen LogP contribution is -2.37. The Morgan fingerprint density at radius 2 is 1.97 bits per heavy atom. The Kier molecular flexibility index (Phi) is 6.07. The first-order valence-electron chi connectivity index (χ1n) is 9.78. The highest BCUT2D eigenvalue weighted by atomic mass is 32.2. The van der Waals surface area contributed by atoms with E-state index in [2.05, 4.69) is 4.98 Å². The second kappa shape index (κ2) is 8.62. The molecule has 0 radical (unpaired) electrons. The molecule has 2 aromatic carbocycles. The first-order valence-corrected chi connectivity index (χ1v) is 12.0. The number of para-hydroxylation sites is 1. The van der Waals surface area contributed by atoms with Crippen LogP contribution in [0.3, 0.4) is 0 Å². The third-order valence-corrected chi connectivity index (χ3v) is 8.00. The molecule has 0 spiro atoms. The average molecular weight is 464 g/mol. The largest absolute Gasteiger partial charge is 0.376 e. The summed E-state index contributed by atoms with van der Waals surface area (Å²) in [5.41, 5.74) is 0.537. The second-order valence-electron chi connectivity index (χ2n) is 7.45. The Hall–Kier alpha value is -2.40. The number of rotatable bonds is 6. The van der Waals surface area contributed by atoms with Gasteiger partial charge in [0.15, 0.2) is 5.13 Å². The molecule has 164 valence electrons. The van der Waals surface area contributed by atoms with Gasteiger partial charge in [-0.05, 0) is 49.2 Å². The lowest BCUT2D eigenvalue weighted by molar-refractivity contribution is 0.0917. The zero-order valence-electron chi connectivity index (χ0n) is 17.1. The summed E-state index contributed by atoms with van der Waals surface area (Å²) in [6, 6.07) is 10.5. The SMILES string of the molecule is CN(C)S(=O)(=O)c1ccc(C(=O)N(CC2CCCO2)c2nc3c(F)cccc3s2)cc1. The molecular weight excluding hydrogens is 441 g/mol. The van der Waals surface area contributed by atoms with Crippen molar-refractivity contribution in [3.63, 3.8) is 0 Å². The van der Waals surface area contributed by atoms with Gasteiger partial charge in [0.05, 0.1) is 22.2 Å². The molecule has 1 amide bonds. The van der Waals surface area contributed by atoms with Crippen LogP contribution in [-0.2, 0) is 14.8 Å². The van der Waals surface area contributed by atoms with Crippen molar-refractivity contribution in [1.82, 2.24) is 9.29 Å². The van der Waals surface area contributed by atoms with Crippen LogP contribution in [-0.4, -0.2) is 57.0 Å². The molecule has 10 heteroatoms. The second-order valence-corrected chi connectivity index (χ2v) is 10.6. The number of aromatic nitrogens is 1. The lowest BCUT2D eigenvalue weighted by atomic mass is 10.2. The van der Waals surface area contributed by atoms with E-state index in [0.29, 0.717) is 22.0 Å². The van der Waals surface area contributed by atoms with E-state index in [0.717, 1.165) is 17.1 Å². The Balaban J connectivity index is 1.69. The molecule has 4 rings (SSSR count). The van der Waals surface area contributed by atoms with Crippen molar-refractivity contribution in [2.24, 2.45) is 0 Å². The number of benzene rings is 2. The Labute approximate surface area is 184 Å². The van der Waals surface area contributed by atoms with Crippen LogP contribution in [0.4, 0.5) is 9.52 Å². The summed E-state index contributed by atoms with van der Waals surface area (Å²) in [7, 11) is -0.699. The minimum absolute atomic E-state index is 0.0989. The quantitative estimate of drug-likeness (QED) is 0.559. The highest BCUT2D eigenvalue weighted by Crippen LogP contribution is 2.32. The Morgan fingerprint density at radius 3 is 2.58 bits per heavy atom. The number of fused-ring (bicyclic) bond motifs is 1. The lowest BCUT2D eigenvalue weighted by Gasteiger charge is -2.23. The standard InChI is InChI=1S/C21H22FN3O4S2/c1-24(2)31(27,28)16-10-8-14(9-11-16)20(26)25(13-15-5-4-12-29-15)21-23-19-17(22)6-3-7-18(19)30-21/h3,6-11,15H,4-5,12-13H2,1-2H3. The van der Waals surface area contributed by atoms with Crippen LogP contribution in [0.5, 0.6) is 0 Å². The summed E-state index contributed by atoms with van der Waals surface area (Å²) in [5.74, 6) is -0.786. The number of carbonyl (C=O) groups is 1. The zero-order valence-corrected chi connectivity index (χ0v) is 18.7. The number of thiazole rings is 1. The number of amides is 1. The molecule has 7 nitrogen and oxygen atoms in total. The predicted molar refractivity (Wildman–Crippen MR) is 118 cm³/mol. The van der Waals surface area contributed by atoms with Gasteiger partial charge in [-0.3, -0.25) is 9.69 Å². The molecule has 1 aromatic heterocycles. The van der Waals surface area contributed by atoms with E-state index in [4.69, 9.17) is 4.74 Å². The molecule has 3 aromatic rings. The van der Waals surface area contributed by atoms with Crippen LogP contribution >= 0.6 is 11.3 Å². The fraction of sp³-hybridized carbons (Fsp3) is 0.333. The maximum Gasteiger partial charge on any atom is 0.260 e. The molecule has 1 atom stereocenters. The first kappa shape index (κ1) is 21.8. The van der Waals surface area contributed by atoms with E-state index < -0.39 is 15.8 Å². The topological polar surface area (TPSA) is 79.8 Å². The van der Waals surface area contributed by atoms with Crippen LogP contribution in [0.1, 0.15) is 23.2 Å². The van der Waals surface area contributed by atoms with Crippen molar-refractivity contribution in [2.45, 2.75) is 23.8 Å². The van der Waals surface area contributed by atoms with E-state index >= 15 is 0 Å². The van der Waals surface area contributed by atoms with Crippen LogP contribution in [0.25, 0.3) is 10.2 Å². The van der Waals surface area contributed by atoms with Crippen molar-refractivity contribution >= 4 is 42.6 Å². The highest BCUT2D eigenvalue weighted by Gasteiger charge is 2.28. The number of hydrogen-bond acceptors (Lipinski definition) is 6. The molecule has 1 unspecified atom stereocenters. The van der Waals surface area contributed by atoms with E-state index in [9.17, 15) is 17.6 Å². The van der Waals surface area contributed by atoms with E-state index in [-0.39, 0.29) is 29.0 Å². The molecule has 0 aliphatic carbocycles. The van der Waals surface area contributed by atoms with Crippen molar-refractivity contribution in [3.05, 3.63) is 53.8 Å². The zero-order chi connectivity index (χ0) is 22.2. The fourth-order valence-electron chi connectivity index (χ4n) is 3.39. The van der Waals surface area contributed by atoms with Crippen molar-refractivity contribution in [2.75, 3.05) is 32.1 Å². The van der Waals surface area contributed by atoms with Gasteiger partial charge in [-0.15, -0.1) is 0 Å².